The van der Waals surface area contributed by atoms with Crippen LogP contribution in [-0.2, 0) is 7.05 Å². The fourth-order valence-electron chi connectivity index (χ4n) is 2.10. The van der Waals surface area contributed by atoms with Crippen LogP contribution in [0.4, 0.5) is 0 Å². The number of benzene rings is 1. The van der Waals surface area contributed by atoms with E-state index in [-0.39, 0.29) is 12.2 Å². The Morgan fingerprint density at radius 3 is 2.88 bits per heavy atom. The molecule has 1 aromatic heterocycles. The zero-order valence-electron chi connectivity index (χ0n) is 9.62. The first-order chi connectivity index (χ1) is 8.07. The Morgan fingerprint density at radius 2 is 2.24 bits per heavy atom. The highest BCUT2D eigenvalue weighted by molar-refractivity contribution is 6.35. The first-order valence-electron chi connectivity index (χ1n) is 5.21. The summed E-state index contributed by atoms with van der Waals surface area (Å²) < 4.78 is 1.89. The highest BCUT2D eigenvalue weighted by atomic mass is 35.5. The summed E-state index contributed by atoms with van der Waals surface area (Å²) in [4.78, 5) is 11.9. The molecule has 0 amide bonds. The number of aromatic nitrogens is 1. The summed E-state index contributed by atoms with van der Waals surface area (Å²) in [5, 5.41) is 10.1. The van der Waals surface area contributed by atoms with Gasteiger partial charge in [-0.15, -0.1) is 0 Å². The topological polar surface area (TPSA) is 45.8 Å². The molecule has 0 aliphatic rings. The molecule has 0 radical (unpaired) electrons. The second kappa shape index (κ2) is 4.23. The normalized spacial score (nSPS) is 10.5. The fraction of sp³-hybridized carbons (Fsp3) is 0.231. The SMILES string of the molecule is Cc1c(C(=O)CC#N)c2cccc(Cl)c2n1C. The number of aryl methyl sites for hydroxylation is 1. The number of nitriles is 1. The van der Waals surface area contributed by atoms with Crippen LogP contribution in [0.15, 0.2) is 18.2 Å². The van der Waals surface area contributed by atoms with E-state index in [9.17, 15) is 4.79 Å². The first-order valence-corrected chi connectivity index (χ1v) is 5.59. The largest absolute Gasteiger partial charge is 0.346 e. The van der Waals surface area contributed by atoms with Gasteiger partial charge in [-0.2, -0.15) is 5.26 Å². The smallest absolute Gasteiger partial charge is 0.179 e. The molecule has 0 bridgehead atoms. The van der Waals surface area contributed by atoms with E-state index in [1.54, 1.807) is 6.07 Å². The van der Waals surface area contributed by atoms with Crippen LogP contribution in [0.5, 0.6) is 0 Å². The summed E-state index contributed by atoms with van der Waals surface area (Å²) in [6, 6.07) is 7.36. The third-order valence-electron chi connectivity index (χ3n) is 2.97. The van der Waals surface area contributed by atoms with Gasteiger partial charge in [0.25, 0.3) is 0 Å². The maximum atomic E-state index is 11.9. The Bertz CT molecular complexity index is 649. The van der Waals surface area contributed by atoms with Crippen LogP contribution in [0.1, 0.15) is 22.5 Å². The van der Waals surface area contributed by atoms with E-state index in [1.165, 1.54) is 0 Å². The van der Waals surface area contributed by atoms with Crippen LogP contribution in [0, 0.1) is 18.3 Å². The molecule has 0 saturated heterocycles. The molecule has 0 fully saturated rings. The minimum Gasteiger partial charge on any atom is -0.346 e. The Labute approximate surface area is 104 Å². The second-order valence-corrected chi connectivity index (χ2v) is 4.32. The van der Waals surface area contributed by atoms with Crippen molar-refractivity contribution in [2.24, 2.45) is 7.05 Å². The Kier molecular flexibility index (Phi) is 2.91. The van der Waals surface area contributed by atoms with Gasteiger partial charge in [-0.25, -0.2) is 0 Å². The lowest BCUT2D eigenvalue weighted by Crippen LogP contribution is -2.00. The van der Waals surface area contributed by atoms with Gasteiger partial charge in [0.2, 0.25) is 0 Å². The lowest BCUT2D eigenvalue weighted by Gasteiger charge is -1.99. The highest BCUT2D eigenvalue weighted by Crippen LogP contribution is 2.30. The Hall–Kier alpha value is -1.79. The molecule has 3 nitrogen and oxygen atoms in total. The van der Waals surface area contributed by atoms with Crippen molar-refractivity contribution in [3.63, 3.8) is 0 Å². The van der Waals surface area contributed by atoms with Gasteiger partial charge >= 0.3 is 0 Å². The lowest BCUT2D eigenvalue weighted by atomic mass is 10.1. The summed E-state index contributed by atoms with van der Waals surface area (Å²) in [5.41, 5.74) is 2.29. The zero-order chi connectivity index (χ0) is 12.6. The molecule has 1 aromatic carbocycles. The Morgan fingerprint density at radius 1 is 1.53 bits per heavy atom. The van der Waals surface area contributed by atoms with E-state index in [2.05, 4.69) is 0 Å². The maximum Gasteiger partial charge on any atom is 0.179 e. The molecule has 0 unspecified atom stereocenters. The molecule has 2 rings (SSSR count). The molecule has 4 heteroatoms. The number of rotatable bonds is 2. The van der Waals surface area contributed by atoms with E-state index >= 15 is 0 Å². The number of nitrogens with zero attached hydrogens (tertiary/aromatic N) is 2. The average molecular weight is 247 g/mol. The molecule has 86 valence electrons. The quantitative estimate of drug-likeness (QED) is 0.764. The van der Waals surface area contributed by atoms with Crippen molar-refractivity contribution in [3.05, 3.63) is 34.5 Å². The van der Waals surface area contributed by atoms with Gasteiger partial charge in [-0.1, -0.05) is 23.7 Å². The van der Waals surface area contributed by atoms with Crippen molar-refractivity contribution in [2.45, 2.75) is 13.3 Å². The van der Waals surface area contributed by atoms with E-state index < -0.39 is 0 Å². The van der Waals surface area contributed by atoms with Gasteiger partial charge in [0, 0.05) is 23.7 Å². The molecule has 2 aromatic rings. The molecule has 0 atom stereocenters. The van der Waals surface area contributed by atoms with Crippen LogP contribution in [-0.4, -0.2) is 10.4 Å². The van der Waals surface area contributed by atoms with E-state index in [1.807, 2.05) is 36.7 Å². The van der Waals surface area contributed by atoms with Crippen molar-refractivity contribution in [1.29, 1.82) is 5.26 Å². The number of carbonyl (C=O) groups is 1. The van der Waals surface area contributed by atoms with Crippen molar-refractivity contribution in [3.8, 4) is 6.07 Å². The number of hydrogen-bond donors (Lipinski definition) is 0. The minimum absolute atomic E-state index is 0.105. The van der Waals surface area contributed by atoms with Gasteiger partial charge in [0.05, 0.1) is 23.0 Å². The summed E-state index contributed by atoms with van der Waals surface area (Å²) in [7, 11) is 1.87. The van der Waals surface area contributed by atoms with Gasteiger partial charge in [0.15, 0.2) is 5.78 Å². The zero-order valence-corrected chi connectivity index (χ0v) is 10.4. The molecule has 0 aliphatic carbocycles. The summed E-state index contributed by atoms with van der Waals surface area (Å²) in [6.07, 6.45) is -0.105. The number of ketones is 1. The average Bonchev–Trinajstić information content (AvgIpc) is 2.53. The molecule has 1 heterocycles. The van der Waals surface area contributed by atoms with Crippen molar-refractivity contribution in [2.75, 3.05) is 0 Å². The summed E-state index contributed by atoms with van der Waals surface area (Å²) >= 11 is 6.13. The second-order valence-electron chi connectivity index (χ2n) is 3.91. The minimum atomic E-state index is -0.155. The predicted molar refractivity (Wildman–Crippen MR) is 67.2 cm³/mol. The molecule has 17 heavy (non-hydrogen) atoms. The van der Waals surface area contributed by atoms with Crippen LogP contribution >= 0.6 is 11.6 Å². The third-order valence-corrected chi connectivity index (χ3v) is 3.28. The number of halogens is 1. The van der Waals surface area contributed by atoms with Crippen LogP contribution in [0.25, 0.3) is 10.9 Å². The molecular formula is C13H11ClN2O. The van der Waals surface area contributed by atoms with Gasteiger partial charge in [0.1, 0.15) is 0 Å². The molecule has 0 saturated carbocycles. The lowest BCUT2D eigenvalue weighted by molar-refractivity contribution is 0.0998. The number of hydrogen-bond acceptors (Lipinski definition) is 2. The van der Waals surface area contributed by atoms with Gasteiger partial charge in [-0.05, 0) is 13.0 Å². The molecule has 0 N–H and O–H groups in total. The van der Waals surface area contributed by atoms with Crippen LogP contribution in [0.3, 0.4) is 0 Å². The monoisotopic (exact) mass is 246 g/mol. The Balaban J connectivity index is 2.81. The molecular weight excluding hydrogens is 236 g/mol. The number of para-hydroxylation sites is 1. The maximum absolute atomic E-state index is 11.9. The summed E-state index contributed by atoms with van der Waals surface area (Å²) in [6.45, 7) is 1.86. The first kappa shape index (κ1) is 11.7. The third kappa shape index (κ3) is 1.71. The van der Waals surface area contributed by atoms with E-state index in [4.69, 9.17) is 16.9 Å². The predicted octanol–water partition coefficient (Wildman–Crippen LogP) is 3.24. The van der Waals surface area contributed by atoms with Gasteiger partial charge in [-0.3, -0.25) is 4.79 Å². The van der Waals surface area contributed by atoms with Crippen LogP contribution in [0.2, 0.25) is 5.02 Å². The van der Waals surface area contributed by atoms with Gasteiger partial charge < -0.3 is 4.57 Å². The molecule has 0 aliphatic heterocycles. The van der Waals surface area contributed by atoms with Crippen molar-refractivity contribution >= 4 is 28.3 Å². The van der Waals surface area contributed by atoms with Crippen molar-refractivity contribution < 1.29 is 4.79 Å². The number of carbonyl (C=O) groups excluding carboxylic acids is 1. The fourth-order valence-corrected chi connectivity index (χ4v) is 2.40. The van der Waals surface area contributed by atoms with Crippen molar-refractivity contribution in [1.82, 2.24) is 4.57 Å². The van der Waals surface area contributed by atoms with E-state index in [0.29, 0.717) is 10.6 Å². The number of Topliss-reactive ketones (excluding diaryl/α,β-unsaturated/α-hetero) is 1. The number of fused-ring (bicyclic) bond motifs is 1. The summed E-state index contributed by atoms with van der Waals surface area (Å²) in [5.74, 6) is -0.155. The highest BCUT2D eigenvalue weighted by Gasteiger charge is 2.19. The van der Waals surface area contributed by atoms with E-state index in [0.717, 1.165) is 16.6 Å². The standard InChI is InChI=1S/C13H11ClN2O/c1-8-12(11(17)6-7-15)9-4-3-5-10(14)13(9)16(8)2/h3-5H,6H2,1-2H3. The van der Waals surface area contributed by atoms with Crippen LogP contribution < -0.4 is 0 Å². The molecule has 0 spiro atoms.